The van der Waals surface area contributed by atoms with Crippen LogP contribution in [0, 0.1) is 0 Å². The Hall–Kier alpha value is -2.04. The van der Waals surface area contributed by atoms with Crippen LogP contribution in [0.5, 0.6) is 11.5 Å². The Balaban J connectivity index is 2.04. The fourth-order valence-electron chi connectivity index (χ4n) is 3.33. The Kier molecular flexibility index (Phi) is 5.72. The number of nitrogens with zero attached hydrogens (tertiary/aromatic N) is 1. The molecule has 1 fully saturated rings. The Bertz CT molecular complexity index is 654. The third-order valence-corrected chi connectivity index (χ3v) is 4.44. The van der Waals surface area contributed by atoms with Crippen LogP contribution in [0.4, 0.5) is 0 Å². The molecule has 4 nitrogen and oxygen atoms in total. The summed E-state index contributed by atoms with van der Waals surface area (Å²) in [5.74, 6) is 1.85. The van der Waals surface area contributed by atoms with Crippen LogP contribution in [-0.2, 0) is 0 Å². The quantitative estimate of drug-likeness (QED) is 0.884. The van der Waals surface area contributed by atoms with Crippen molar-refractivity contribution >= 4 is 0 Å². The highest BCUT2D eigenvalue weighted by Crippen LogP contribution is 2.36. The van der Waals surface area contributed by atoms with Gasteiger partial charge in [0.15, 0.2) is 0 Å². The van der Waals surface area contributed by atoms with Gasteiger partial charge in [0.25, 0.3) is 0 Å². The van der Waals surface area contributed by atoms with E-state index < -0.39 is 0 Å². The van der Waals surface area contributed by atoms with Gasteiger partial charge in [0.2, 0.25) is 0 Å². The summed E-state index contributed by atoms with van der Waals surface area (Å²) < 4.78 is 11.4. The second kappa shape index (κ2) is 8.18. The Morgan fingerprint density at radius 1 is 1.08 bits per heavy atom. The molecule has 1 saturated heterocycles. The van der Waals surface area contributed by atoms with E-state index in [1.54, 1.807) is 7.11 Å². The molecule has 0 spiro atoms. The number of ether oxygens (including phenoxy) is 2. The second-order valence-electron chi connectivity index (χ2n) is 5.94. The second-order valence-corrected chi connectivity index (χ2v) is 5.94. The van der Waals surface area contributed by atoms with Crippen LogP contribution in [0.25, 0.3) is 0 Å². The van der Waals surface area contributed by atoms with Gasteiger partial charge in [-0.25, -0.2) is 0 Å². The van der Waals surface area contributed by atoms with Gasteiger partial charge in [0.05, 0.1) is 19.8 Å². The number of piperazine rings is 1. The number of rotatable bonds is 6. The summed E-state index contributed by atoms with van der Waals surface area (Å²) in [6.07, 6.45) is 0. The van der Waals surface area contributed by atoms with Crippen LogP contribution >= 0.6 is 0 Å². The van der Waals surface area contributed by atoms with Gasteiger partial charge in [-0.3, -0.25) is 4.90 Å². The molecular formula is C20H26N2O2. The molecule has 1 N–H and O–H groups in total. The highest BCUT2D eigenvalue weighted by molar-refractivity contribution is 5.43. The maximum Gasteiger partial charge on any atom is 0.124 e. The first-order chi connectivity index (χ1) is 11.8. The topological polar surface area (TPSA) is 33.7 Å². The lowest BCUT2D eigenvalue weighted by Crippen LogP contribution is -2.45. The number of benzene rings is 2. The molecule has 1 heterocycles. The molecule has 1 unspecified atom stereocenters. The SMILES string of the molecule is CCOc1ccccc1C(c1cccc(OC)c1)N1CCNCC1. The van der Waals surface area contributed by atoms with Gasteiger partial charge >= 0.3 is 0 Å². The Labute approximate surface area is 144 Å². The molecule has 0 aromatic heterocycles. The monoisotopic (exact) mass is 326 g/mol. The maximum atomic E-state index is 5.91. The number of para-hydroxylation sites is 1. The molecule has 0 aliphatic carbocycles. The first kappa shape index (κ1) is 16.8. The molecule has 4 heteroatoms. The largest absolute Gasteiger partial charge is 0.497 e. The van der Waals surface area contributed by atoms with E-state index in [1.165, 1.54) is 11.1 Å². The summed E-state index contributed by atoms with van der Waals surface area (Å²) >= 11 is 0. The Morgan fingerprint density at radius 2 is 1.88 bits per heavy atom. The lowest BCUT2D eigenvalue weighted by molar-refractivity contribution is 0.194. The van der Waals surface area contributed by atoms with Gasteiger partial charge in [-0.15, -0.1) is 0 Å². The van der Waals surface area contributed by atoms with Crippen LogP contribution in [0.15, 0.2) is 48.5 Å². The third kappa shape index (κ3) is 3.71. The smallest absolute Gasteiger partial charge is 0.124 e. The number of hydrogen-bond acceptors (Lipinski definition) is 4. The molecule has 24 heavy (non-hydrogen) atoms. The van der Waals surface area contributed by atoms with Crippen molar-refractivity contribution in [2.75, 3.05) is 39.9 Å². The van der Waals surface area contributed by atoms with Crippen molar-refractivity contribution in [2.45, 2.75) is 13.0 Å². The van der Waals surface area contributed by atoms with Crippen molar-refractivity contribution in [1.29, 1.82) is 0 Å². The van der Waals surface area contributed by atoms with E-state index in [0.717, 1.165) is 37.7 Å². The van der Waals surface area contributed by atoms with E-state index in [-0.39, 0.29) is 6.04 Å². The van der Waals surface area contributed by atoms with Gasteiger partial charge in [0, 0.05) is 31.7 Å². The zero-order valence-corrected chi connectivity index (χ0v) is 14.5. The van der Waals surface area contributed by atoms with Crippen LogP contribution in [0.1, 0.15) is 24.1 Å². The summed E-state index contributed by atoms with van der Waals surface area (Å²) in [5, 5.41) is 3.44. The molecule has 3 rings (SSSR count). The average Bonchev–Trinajstić information content (AvgIpc) is 2.65. The van der Waals surface area contributed by atoms with Crippen molar-refractivity contribution < 1.29 is 9.47 Å². The number of nitrogens with one attached hydrogen (secondary N) is 1. The first-order valence-electron chi connectivity index (χ1n) is 8.64. The lowest BCUT2D eigenvalue weighted by atomic mass is 9.95. The van der Waals surface area contributed by atoms with E-state index in [9.17, 15) is 0 Å². The Morgan fingerprint density at radius 3 is 2.62 bits per heavy atom. The molecule has 0 bridgehead atoms. The average molecular weight is 326 g/mol. The standard InChI is InChI=1S/C20H26N2O2/c1-3-24-19-10-5-4-9-18(19)20(22-13-11-21-12-14-22)16-7-6-8-17(15-16)23-2/h4-10,15,20-21H,3,11-14H2,1-2H3. The van der Waals surface area contributed by atoms with Crippen molar-refractivity contribution in [3.63, 3.8) is 0 Å². The van der Waals surface area contributed by atoms with Gasteiger partial charge in [-0.05, 0) is 30.7 Å². The fourth-order valence-corrected chi connectivity index (χ4v) is 3.33. The van der Waals surface area contributed by atoms with Crippen molar-refractivity contribution in [3.8, 4) is 11.5 Å². The maximum absolute atomic E-state index is 5.91. The normalized spacial score (nSPS) is 16.6. The summed E-state index contributed by atoms with van der Waals surface area (Å²) in [6.45, 7) is 6.75. The summed E-state index contributed by atoms with van der Waals surface area (Å²) in [7, 11) is 1.72. The lowest BCUT2D eigenvalue weighted by Gasteiger charge is -2.36. The molecule has 128 valence electrons. The zero-order chi connectivity index (χ0) is 16.8. The summed E-state index contributed by atoms with van der Waals surface area (Å²) in [4.78, 5) is 2.52. The molecule has 1 atom stereocenters. The van der Waals surface area contributed by atoms with Crippen molar-refractivity contribution in [1.82, 2.24) is 10.2 Å². The number of hydrogen-bond donors (Lipinski definition) is 1. The van der Waals surface area contributed by atoms with E-state index in [4.69, 9.17) is 9.47 Å². The molecule has 2 aromatic rings. The zero-order valence-electron chi connectivity index (χ0n) is 14.5. The highest BCUT2D eigenvalue weighted by Gasteiger charge is 2.26. The van der Waals surface area contributed by atoms with Gasteiger partial charge < -0.3 is 14.8 Å². The van der Waals surface area contributed by atoms with Gasteiger partial charge in [0.1, 0.15) is 11.5 Å². The van der Waals surface area contributed by atoms with Crippen molar-refractivity contribution in [3.05, 3.63) is 59.7 Å². The molecule has 0 amide bonds. The molecule has 0 saturated carbocycles. The van der Waals surface area contributed by atoms with E-state index in [2.05, 4.69) is 46.6 Å². The van der Waals surface area contributed by atoms with E-state index >= 15 is 0 Å². The van der Waals surface area contributed by atoms with Crippen LogP contribution in [0.3, 0.4) is 0 Å². The minimum Gasteiger partial charge on any atom is -0.497 e. The van der Waals surface area contributed by atoms with Crippen LogP contribution in [-0.4, -0.2) is 44.8 Å². The summed E-state index contributed by atoms with van der Waals surface area (Å²) in [6, 6.07) is 16.9. The van der Waals surface area contributed by atoms with E-state index in [1.807, 2.05) is 19.1 Å². The molecular weight excluding hydrogens is 300 g/mol. The molecule has 1 aliphatic rings. The predicted molar refractivity (Wildman–Crippen MR) is 96.9 cm³/mol. The summed E-state index contributed by atoms with van der Waals surface area (Å²) in [5.41, 5.74) is 2.46. The van der Waals surface area contributed by atoms with E-state index in [0.29, 0.717) is 6.61 Å². The molecule has 2 aromatic carbocycles. The predicted octanol–water partition coefficient (Wildman–Crippen LogP) is 3.09. The highest BCUT2D eigenvalue weighted by atomic mass is 16.5. The van der Waals surface area contributed by atoms with Crippen molar-refractivity contribution in [2.24, 2.45) is 0 Å². The van der Waals surface area contributed by atoms with Crippen LogP contribution < -0.4 is 14.8 Å². The minimum atomic E-state index is 0.171. The number of methoxy groups -OCH3 is 1. The fraction of sp³-hybridized carbons (Fsp3) is 0.400. The van der Waals surface area contributed by atoms with Crippen LogP contribution in [0.2, 0.25) is 0 Å². The molecule has 1 aliphatic heterocycles. The van der Waals surface area contributed by atoms with Gasteiger partial charge in [-0.1, -0.05) is 30.3 Å². The van der Waals surface area contributed by atoms with Gasteiger partial charge in [-0.2, -0.15) is 0 Å². The first-order valence-corrected chi connectivity index (χ1v) is 8.64. The molecule has 0 radical (unpaired) electrons. The minimum absolute atomic E-state index is 0.171. The third-order valence-electron chi connectivity index (χ3n) is 4.44.